The van der Waals surface area contributed by atoms with Crippen molar-refractivity contribution in [1.29, 1.82) is 0 Å². The Morgan fingerprint density at radius 2 is 1.96 bits per heavy atom. The van der Waals surface area contributed by atoms with Crippen LogP contribution in [0.3, 0.4) is 0 Å². The van der Waals surface area contributed by atoms with Crippen LogP contribution in [0.4, 0.5) is 0 Å². The van der Waals surface area contributed by atoms with Gasteiger partial charge in [0.05, 0.1) is 5.69 Å². The average molecular weight is 347 g/mol. The molecule has 0 radical (unpaired) electrons. The van der Waals surface area contributed by atoms with Crippen molar-refractivity contribution in [3.05, 3.63) is 81.3 Å². The van der Waals surface area contributed by atoms with E-state index in [1.807, 2.05) is 55.5 Å². The van der Waals surface area contributed by atoms with Gasteiger partial charge in [-0.3, -0.25) is 9.69 Å². The van der Waals surface area contributed by atoms with Gasteiger partial charge in [-0.05, 0) is 18.9 Å². The first-order valence-corrected chi connectivity index (χ1v) is 8.79. The van der Waals surface area contributed by atoms with Gasteiger partial charge in [0, 0.05) is 36.3 Å². The molecule has 4 rings (SSSR count). The molecule has 0 spiro atoms. The summed E-state index contributed by atoms with van der Waals surface area (Å²) in [5.41, 5.74) is 4.23. The third kappa shape index (κ3) is 3.13. The normalized spacial score (nSPS) is 14.2. The van der Waals surface area contributed by atoms with Gasteiger partial charge in [-0.2, -0.15) is 0 Å². The van der Waals surface area contributed by atoms with E-state index in [0.717, 1.165) is 34.5 Å². The lowest BCUT2D eigenvalue weighted by Gasteiger charge is -2.28. The number of phenolic OH excluding ortho intramolecular Hbond substituents is 1. The first kappa shape index (κ1) is 16.5. The van der Waals surface area contributed by atoms with E-state index in [4.69, 9.17) is 4.98 Å². The highest BCUT2D eigenvalue weighted by molar-refractivity contribution is 5.54. The number of nitrogens with one attached hydrogen (secondary N) is 1. The number of aryl methyl sites for hydroxylation is 1. The summed E-state index contributed by atoms with van der Waals surface area (Å²) >= 11 is 0. The second-order valence-corrected chi connectivity index (χ2v) is 6.75. The van der Waals surface area contributed by atoms with Crippen molar-refractivity contribution in [2.75, 3.05) is 6.54 Å². The van der Waals surface area contributed by atoms with Gasteiger partial charge in [-0.15, -0.1) is 0 Å². The van der Waals surface area contributed by atoms with Gasteiger partial charge in [0.25, 0.3) is 5.56 Å². The Bertz CT molecular complexity index is 996. The highest BCUT2D eigenvalue weighted by Gasteiger charge is 2.22. The van der Waals surface area contributed by atoms with Crippen LogP contribution >= 0.6 is 0 Å². The number of hydrogen-bond donors (Lipinski definition) is 2. The van der Waals surface area contributed by atoms with E-state index in [9.17, 15) is 9.90 Å². The highest BCUT2D eigenvalue weighted by Crippen LogP contribution is 2.25. The summed E-state index contributed by atoms with van der Waals surface area (Å²) in [5.74, 6) is 0.955. The van der Waals surface area contributed by atoms with Gasteiger partial charge in [-0.25, -0.2) is 4.98 Å². The third-order valence-electron chi connectivity index (χ3n) is 4.92. The number of nitrogens with zero attached hydrogens (tertiary/aromatic N) is 2. The van der Waals surface area contributed by atoms with Gasteiger partial charge in [-0.1, -0.05) is 48.5 Å². The molecule has 1 aliphatic heterocycles. The number of phenols is 1. The Balaban J connectivity index is 1.63. The van der Waals surface area contributed by atoms with Crippen LogP contribution in [-0.2, 0) is 19.5 Å². The Hall–Kier alpha value is -2.92. The van der Waals surface area contributed by atoms with Crippen LogP contribution in [0.15, 0.2) is 53.3 Å². The molecular weight excluding hydrogens is 326 g/mol. The van der Waals surface area contributed by atoms with Crippen LogP contribution in [-0.4, -0.2) is 26.5 Å². The molecular formula is C21H21N3O2. The van der Waals surface area contributed by atoms with Crippen molar-refractivity contribution >= 4 is 0 Å². The molecule has 5 nitrogen and oxygen atoms in total. The fourth-order valence-corrected chi connectivity index (χ4v) is 3.45. The van der Waals surface area contributed by atoms with E-state index in [-0.39, 0.29) is 5.56 Å². The first-order chi connectivity index (χ1) is 12.6. The molecule has 0 saturated carbocycles. The molecule has 3 aromatic rings. The summed E-state index contributed by atoms with van der Waals surface area (Å²) in [6.07, 6.45) is 0.666. The number of aromatic nitrogens is 2. The van der Waals surface area contributed by atoms with Crippen LogP contribution in [0.5, 0.6) is 5.75 Å². The highest BCUT2D eigenvalue weighted by atomic mass is 16.3. The van der Waals surface area contributed by atoms with Crippen molar-refractivity contribution in [2.24, 2.45) is 0 Å². The number of H-pyrrole nitrogens is 1. The standard InChI is InChI=1S/C21H21N3O2/c1-14-6-5-9-16(19(14)25)12-24-11-10-17-18(13-24)22-20(23-21(17)26)15-7-3-2-4-8-15/h2-9,25H,10-13H2,1H3,(H,22,23,26). The van der Waals surface area contributed by atoms with Gasteiger partial charge < -0.3 is 10.1 Å². The zero-order chi connectivity index (χ0) is 18.1. The fraction of sp³-hybridized carbons (Fsp3) is 0.238. The van der Waals surface area contributed by atoms with E-state index < -0.39 is 0 Å². The van der Waals surface area contributed by atoms with Crippen LogP contribution in [0.25, 0.3) is 11.4 Å². The van der Waals surface area contributed by atoms with E-state index in [0.29, 0.717) is 31.1 Å². The number of rotatable bonds is 3. The van der Waals surface area contributed by atoms with Crippen LogP contribution in [0.2, 0.25) is 0 Å². The lowest BCUT2D eigenvalue weighted by Crippen LogP contribution is -2.35. The number of fused-ring (bicyclic) bond motifs is 1. The minimum absolute atomic E-state index is 0.0492. The molecule has 0 aliphatic carbocycles. The van der Waals surface area contributed by atoms with E-state index in [1.54, 1.807) is 0 Å². The predicted octanol–water partition coefficient (Wildman–Crippen LogP) is 3.01. The monoisotopic (exact) mass is 347 g/mol. The molecule has 0 bridgehead atoms. The average Bonchev–Trinajstić information content (AvgIpc) is 2.66. The topological polar surface area (TPSA) is 69.2 Å². The summed E-state index contributed by atoms with van der Waals surface area (Å²) < 4.78 is 0. The maximum Gasteiger partial charge on any atom is 0.254 e. The Morgan fingerprint density at radius 3 is 2.77 bits per heavy atom. The molecule has 0 amide bonds. The summed E-state index contributed by atoms with van der Waals surface area (Å²) in [7, 11) is 0. The molecule has 0 atom stereocenters. The van der Waals surface area contributed by atoms with E-state index in [1.165, 1.54) is 0 Å². The van der Waals surface area contributed by atoms with E-state index >= 15 is 0 Å². The van der Waals surface area contributed by atoms with Crippen molar-refractivity contribution in [2.45, 2.75) is 26.4 Å². The van der Waals surface area contributed by atoms with Gasteiger partial charge in [0.2, 0.25) is 0 Å². The number of benzene rings is 2. The zero-order valence-electron chi connectivity index (χ0n) is 14.7. The first-order valence-electron chi connectivity index (χ1n) is 8.79. The molecule has 5 heteroatoms. The number of hydrogen-bond acceptors (Lipinski definition) is 4. The fourth-order valence-electron chi connectivity index (χ4n) is 3.45. The molecule has 2 heterocycles. The van der Waals surface area contributed by atoms with Gasteiger partial charge in [0.1, 0.15) is 11.6 Å². The maximum absolute atomic E-state index is 12.5. The molecule has 1 aliphatic rings. The number of aromatic amines is 1. The van der Waals surface area contributed by atoms with Gasteiger partial charge >= 0.3 is 0 Å². The Kier molecular flexibility index (Phi) is 4.31. The van der Waals surface area contributed by atoms with Crippen LogP contribution < -0.4 is 5.56 Å². The van der Waals surface area contributed by atoms with Crippen LogP contribution in [0.1, 0.15) is 22.4 Å². The second kappa shape index (κ2) is 6.77. The van der Waals surface area contributed by atoms with Crippen molar-refractivity contribution in [3.63, 3.8) is 0 Å². The largest absolute Gasteiger partial charge is 0.507 e. The molecule has 0 unspecified atom stereocenters. The molecule has 2 N–H and O–H groups in total. The van der Waals surface area contributed by atoms with Crippen molar-refractivity contribution in [1.82, 2.24) is 14.9 Å². The Morgan fingerprint density at radius 1 is 1.15 bits per heavy atom. The molecule has 0 saturated heterocycles. The summed E-state index contributed by atoms with van der Waals surface area (Å²) in [5, 5.41) is 10.3. The summed E-state index contributed by atoms with van der Waals surface area (Å²) in [6.45, 7) is 3.92. The molecule has 132 valence electrons. The maximum atomic E-state index is 12.5. The van der Waals surface area contributed by atoms with Crippen LogP contribution in [0, 0.1) is 6.92 Å². The summed E-state index contributed by atoms with van der Waals surface area (Å²) in [4.78, 5) is 22.3. The Labute approximate surface area is 152 Å². The smallest absolute Gasteiger partial charge is 0.254 e. The second-order valence-electron chi connectivity index (χ2n) is 6.75. The lowest BCUT2D eigenvalue weighted by atomic mass is 10.0. The number of para-hydroxylation sites is 1. The lowest BCUT2D eigenvalue weighted by molar-refractivity contribution is 0.237. The molecule has 1 aromatic heterocycles. The van der Waals surface area contributed by atoms with Gasteiger partial charge in [0.15, 0.2) is 0 Å². The minimum atomic E-state index is -0.0492. The third-order valence-corrected chi connectivity index (χ3v) is 4.92. The summed E-state index contributed by atoms with van der Waals surface area (Å²) in [6, 6.07) is 15.5. The molecule has 26 heavy (non-hydrogen) atoms. The SMILES string of the molecule is Cc1cccc(CN2CCc3c(nc(-c4ccccc4)[nH]c3=O)C2)c1O. The molecule has 0 fully saturated rings. The zero-order valence-corrected chi connectivity index (χ0v) is 14.7. The molecule has 2 aromatic carbocycles. The van der Waals surface area contributed by atoms with Crippen molar-refractivity contribution < 1.29 is 5.11 Å². The minimum Gasteiger partial charge on any atom is -0.507 e. The van der Waals surface area contributed by atoms with Crippen molar-refractivity contribution in [3.8, 4) is 17.1 Å². The quantitative estimate of drug-likeness (QED) is 0.764. The number of aromatic hydroxyl groups is 1. The van der Waals surface area contributed by atoms with E-state index in [2.05, 4.69) is 9.88 Å². The predicted molar refractivity (Wildman–Crippen MR) is 101 cm³/mol.